The molecule has 0 spiro atoms. The van der Waals surface area contributed by atoms with Crippen LogP contribution < -0.4 is 20.4 Å². The fourth-order valence-corrected chi connectivity index (χ4v) is 5.69. The fraction of sp³-hybridized carbons (Fsp3) is 0.280. The molecule has 0 saturated carbocycles. The first kappa shape index (κ1) is 24.2. The Hall–Kier alpha value is -3.50. The number of nitrogens with one attached hydrogen (secondary N) is 1. The van der Waals surface area contributed by atoms with Gasteiger partial charge in [-0.2, -0.15) is 0 Å². The van der Waals surface area contributed by atoms with Gasteiger partial charge < -0.3 is 24.6 Å². The summed E-state index contributed by atoms with van der Waals surface area (Å²) in [6, 6.07) is 3.78. The Labute approximate surface area is 208 Å². The minimum absolute atomic E-state index is 0.0518. The zero-order valence-electron chi connectivity index (χ0n) is 19.0. The zero-order chi connectivity index (χ0) is 25.7. The maximum absolute atomic E-state index is 15.5. The fourth-order valence-electron chi connectivity index (χ4n) is 5.29. The molecular weight excluding hydrogens is 499 g/mol. The molecule has 0 bridgehead atoms. The summed E-state index contributed by atoms with van der Waals surface area (Å²) in [5, 5.41) is 11.8. The summed E-state index contributed by atoms with van der Waals surface area (Å²) in [4.78, 5) is 25.9. The second kappa shape index (κ2) is 9.18. The van der Waals surface area contributed by atoms with E-state index >= 15 is 4.39 Å². The van der Waals surface area contributed by atoms with Gasteiger partial charge in [-0.05, 0) is 37.6 Å². The van der Waals surface area contributed by atoms with Crippen molar-refractivity contribution in [2.24, 2.45) is 11.8 Å². The number of carbonyl (C=O) groups is 1. The number of halogens is 4. The van der Waals surface area contributed by atoms with Crippen LogP contribution in [-0.4, -0.2) is 42.0 Å². The molecule has 11 heteroatoms. The Morgan fingerprint density at radius 2 is 1.97 bits per heavy atom. The molecule has 0 radical (unpaired) electrons. The van der Waals surface area contributed by atoms with Crippen LogP contribution in [-0.2, 0) is 0 Å². The molecule has 3 atom stereocenters. The number of carboxylic acid groups (broad SMARTS) is 1. The van der Waals surface area contributed by atoms with Gasteiger partial charge in [-0.3, -0.25) is 4.79 Å². The molecule has 1 saturated heterocycles. The van der Waals surface area contributed by atoms with E-state index in [2.05, 4.69) is 22.2 Å². The van der Waals surface area contributed by atoms with E-state index in [4.69, 9.17) is 16.7 Å². The van der Waals surface area contributed by atoms with Crippen LogP contribution in [0.1, 0.15) is 6.42 Å². The number of aromatic nitrogens is 1. The normalized spacial score (nSPS) is 21.1. The molecule has 36 heavy (non-hydrogen) atoms. The smallest absolute Gasteiger partial charge is 0.449 e. The van der Waals surface area contributed by atoms with Crippen molar-refractivity contribution in [1.82, 2.24) is 9.88 Å². The third-order valence-corrected chi connectivity index (χ3v) is 7.23. The van der Waals surface area contributed by atoms with Crippen LogP contribution in [0.4, 0.5) is 23.7 Å². The molecule has 1 fully saturated rings. The second-order valence-electron chi connectivity index (χ2n) is 8.88. The van der Waals surface area contributed by atoms with Gasteiger partial charge in [-0.25, -0.2) is 18.0 Å². The van der Waals surface area contributed by atoms with Crippen LogP contribution in [0.15, 0.2) is 47.4 Å². The van der Waals surface area contributed by atoms with Gasteiger partial charge in [-0.15, -0.1) is 0 Å². The Morgan fingerprint density at radius 1 is 1.19 bits per heavy atom. The van der Waals surface area contributed by atoms with Gasteiger partial charge in [0.1, 0.15) is 17.5 Å². The number of hydrogen-bond donors (Lipinski definition) is 2. The lowest BCUT2D eigenvalue weighted by Gasteiger charge is -2.28. The molecule has 1 aromatic heterocycles. The number of fused-ring (bicyclic) bond motifs is 2. The molecule has 7 nitrogen and oxygen atoms in total. The van der Waals surface area contributed by atoms with Crippen molar-refractivity contribution in [3.8, 4) is 11.4 Å². The summed E-state index contributed by atoms with van der Waals surface area (Å²) in [7, 11) is 1.86. The largest absolute Gasteiger partial charge is 0.511 e. The van der Waals surface area contributed by atoms with Crippen molar-refractivity contribution in [3.05, 3.63) is 75.3 Å². The van der Waals surface area contributed by atoms with Crippen LogP contribution in [0.25, 0.3) is 16.6 Å². The molecule has 2 aromatic carbocycles. The topological polar surface area (TPSA) is 83.8 Å². The third-order valence-electron chi connectivity index (χ3n) is 6.88. The predicted molar refractivity (Wildman–Crippen MR) is 129 cm³/mol. The Kier molecular flexibility index (Phi) is 6.17. The van der Waals surface area contributed by atoms with Crippen molar-refractivity contribution in [1.29, 1.82) is 0 Å². The van der Waals surface area contributed by atoms with Crippen LogP contribution in [0.2, 0.25) is 5.02 Å². The van der Waals surface area contributed by atoms with E-state index in [-0.39, 0.29) is 45.2 Å². The summed E-state index contributed by atoms with van der Waals surface area (Å²) < 4.78 is 49.6. The first-order valence-electron chi connectivity index (χ1n) is 11.2. The molecule has 188 valence electrons. The van der Waals surface area contributed by atoms with Crippen molar-refractivity contribution >= 4 is 34.3 Å². The predicted octanol–water partition coefficient (Wildman–Crippen LogP) is 4.72. The molecule has 1 aliphatic heterocycles. The van der Waals surface area contributed by atoms with Gasteiger partial charge >= 0.3 is 6.16 Å². The Balaban J connectivity index is 1.73. The summed E-state index contributed by atoms with van der Waals surface area (Å²) in [5.74, 6) is -2.85. The molecule has 2 aliphatic rings. The lowest BCUT2D eigenvalue weighted by Crippen LogP contribution is -2.38. The van der Waals surface area contributed by atoms with E-state index in [1.165, 1.54) is 0 Å². The van der Waals surface area contributed by atoms with E-state index in [0.29, 0.717) is 19.2 Å². The van der Waals surface area contributed by atoms with Gasteiger partial charge in [0.05, 0.1) is 33.5 Å². The number of anilines is 1. The number of likely N-dealkylation sites (N-methyl/N-ethyl adjacent to an activating group) is 1. The van der Waals surface area contributed by atoms with Gasteiger partial charge in [0.2, 0.25) is 5.43 Å². The average molecular weight is 520 g/mol. The van der Waals surface area contributed by atoms with Gasteiger partial charge in [0, 0.05) is 31.1 Å². The number of pyridine rings is 1. The number of rotatable bonds is 4. The monoisotopic (exact) mass is 519 g/mol. The number of hydrogen-bond acceptors (Lipinski definition) is 5. The zero-order valence-corrected chi connectivity index (χ0v) is 19.7. The molecule has 1 aliphatic carbocycles. The molecule has 5 rings (SSSR count). The summed E-state index contributed by atoms with van der Waals surface area (Å²) in [5.41, 5.74) is -1.17. The highest BCUT2D eigenvalue weighted by Gasteiger charge is 2.39. The molecule has 3 unspecified atom stereocenters. The minimum atomic E-state index is -1.78. The molecule has 0 amide bonds. The second-order valence-corrected chi connectivity index (χ2v) is 9.26. The maximum atomic E-state index is 15.5. The van der Waals surface area contributed by atoms with Crippen molar-refractivity contribution in [3.63, 3.8) is 0 Å². The average Bonchev–Trinajstić information content (AvgIpc) is 3.24. The highest BCUT2D eigenvalue weighted by atomic mass is 35.5. The van der Waals surface area contributed by atoms with E-state index in [9.17, 15) is 18.4 Å². The lowest BCUT2D eigenvalue weighted by atomic mass is 9.82. The van der Waals surface area contributed by atoms with E-state index < -0.39 is 34.8 Å². The quantitative estimate of drug-likeness (QED) is 0.383. The Bertz CT molecular complexity index is 1480. The highest BCUT2D eigenvalue weighted by Crippen LogP contribution is 2.42. The van der Waals surface area contributed by atoms with Gasteiger partial charge in [0.15, 0.2) is 5.75 Å². The summed E-state index contributed by atoms with van der Waals surface area (Å²) in [6.45, 7) is 1.02. The number of benzene rings is 2. The van der Waals surface area contributed by atoms with Gasteiger partial charge in [0.25, 0.3) is 0 Å². The van der Waals surface area contributed by atoms with Gasteiger partial charge in [-0.1, -0.05) is 23.8 Å². The van der Waals surface area contributed by atoms with E-state index in [0.717, 1.165) is 35.4 Å². The standard InChI is InChI=1S/C25H21ClF3N3O4/c1-30-18-4-2-3-12-9-31(10-15(12)18)23-17(29)8-14-22(21(23)26)32(11-20(24(14)33)36-25(34)35)19-6-5-13(27)7-16(19)28/h2,4-8,11-12,15,18,30H,3,9-10H2,1H3,(H,34,35). The van der Waals surface area contributed by atoms with Crippen molar-refractivity contribution in [2.75, 3.05) is 25.0 Å². The maximum Gasteiger partial charge on any atom is 0.511 e. The number of allylic oxidation sites excluding steroid dienone is 1. The van der Waals surface area contributed by atoms with Crippen LogP contribution in [0.5, 0.6) is 5.75 Å². The molecule has 2 heterocycles. The lowest BCUT2D eigenvalue weighted by molar-refractivity contribution is 0.144. The van der Waals surface area contributed by atoms with E-state index in [1.807, 2.05) is 7.05 Å². The summed E-state index contributed by atoms with van der Waals surface area (Å²) in [6.07, 6.45) is 4.17. The third kappa shape index (κ3) is 4.00. The van der Waals surface area contributed by atoms with Crippen LogP contribution in [0.3, 0.4) is 0 Å². The van der Waals surface area contributed by atoms with Crippen molar-refractivity contribution < 1.29 is 27.8 Å². The Morgan fingerprint density at radius 3 is 2.67 bits per heavy atom. The molecule has 3 aromatic rings. The van der Waals surface area contributed by atoms with Crippen LogP contribution in [0, 0.1) is 29.3 Å². The van der Waals surface area contributed by atoms with E-state index in [1.54, 1.807) is 4.90 Å². The van der Waals surface area contributed by atoms with Crippen molar-refractivity contribution in [2.45, 2.75) is 12.5 Å². The minimum Gasteiger partial charge on any atom is -0.449 e. The number of nitrogens with zero attached hydrogens (tertiary/aromatic N) is 2. The van der Waals surface area contributed by atoms with Crippen LogP contribution >= 0.6 is 11.6 Å². The first-order valence-corrected chi connectivity index (χ1v) is 11.6. The molecule has 2 N–H and O–H groups in total. The summed E-state index contributed by atoms with van der Waals surface area (Å²) >= 11 is 6.74. The molecular formula is C25H21ClF3N3O4. The SMILES string of the molecule is CNC1C=CCC2CN(c3c(F)cc4c(=O)c(OC(=O)O)cn(-c5ccc(F)cc5F)c4c3Cl)CC21. The first-order chi connectivity index (χ1) is 17.2. The number of ether oxygens (including phenoxy) is 1. The highest BCUT2D eigenvalue weighted by molar-refractivity contribution is 6.38.